The average molecular weight is 457 g/mol. The van der Waals surface area contributed by atoms with E-state index in [1.807, 2.05) is 0 Å². The van der Waals surface area contributed by atoms with Gasteiger partial charge in [0, 0.05) is 12.1 Å². The van der Waals surface area contributed by atoms with E-state index in [1.54, 1.807) is 0 Å². The van der Waals surface area contributed by atoms with Crippen LogP contribution >= 0.6 is 0 Å². The third kappa shape index (κ3) is 4.17. The van der Waals surface area contributed by atoms with Gasteiger partial charge in [0.25, 0.3) is 0 Å². The summed E-state index contributed by atoms with van der Waals surface area (Å²) < 4.78 is 106. The van der Waals surface area contributed by atoms with Crippen molar-refractivity contribution in [3.8, 4) is 0 Å². The monoisotopic (exact) mass is 457 g/mol. The van der Waals surface area contributed by atoms with Crippen LogP contribution in [-0.2, 0) is 10.0 Å². The molecule has 16 heteroatoms. The molecule has 0 unspecified atom stereocenters. The molecule has 2 aromatic rings. The first kappa shape index (κ1) is 22.6. The van der Waals surface area contributed by atoms with Gasteiger partial charge in [-0.15, -0.1) is 0 Å². The van der Waals surface area contributed by atoms with E-state index in [9.17, 15) is 55.0 Å². The van der Waals surface area contributed by atoms with Crippen molar-refractivity contribution in [2.75, 3.05) is 4.72 Å². The van der Waals surface area contributed by atoms with Crippen LogP contribution in [0.1, 0.15) is 5.56 Å². The molecule has 1 N–H and O–H groups in total. The lowest BCUT2D eigenvalue weighted by molar-refractivity contribution is -0.410. The Morgan fingerprint density at radius 3 is 1.87 bits per heavy atom. The molecule has 0 atom stereocenters. The van der Waals surface area contributed by atoms with E-state index in [0.29, 0.717) is 18.2 Å². The first-order valence-electron chi connectivity index (χ1n) is 7.12. The number of sulfonamides is 1. The van der Waals surface area contributed by atoms with Gasteiger partial charge in [-0.2, -0.15) is 12.8 Å². The second kappa shape index (κ2) is 7.97. The molecule has 2 rings (SSSR count). The number of anilines is 1. The molecule has 30 heavy (non-hydrogen) atoms. The topological polar surface area (TPSA) is 132 Å². The highest BCUT2D eigenvalue weighted by Gasteiger charge is 2.33. The summed E-state index contributed by atoms with van der Waals surface area (Å²) in [6.07, 6.45) is -0.434. The van der Waals surface area contributed by atoms with E-state index in [4.69, 9.17) is 0 Å². The Balaban J connectivity index is 2.63. The molecule has 0 aliphatic heterocycles. The van der Waals surface area contributed by atoms with Crippen molar-refractivity contribution in [3.05, 3.63) is 83.9 Å². The average Bonchev–Trinajstić information content (AvgIpc) is 2.65. The zero-order valence-electron chi connectivity index (χ0n) is 13.8. The lowest BCUT2D eigenvalue weighted by Gasteiger charge is -2.08. The summed E-state index contributed by atoms with van der Waals surface area (Å²) in [7, 11) is -5.40. The van der Waals surface area contributed by atoms with Crippen LogP contribution in [0.4, 0.5) is 37.7 Å². The van der Waals surface area contributed by atoms with Crippen LogP contribution in [0.5, 0.6) is 0 Å². The van der Waals surface area contributed by atoms with Crippen molar-refractivity contribution in [1.82, 2.24) is 0 Å². The van der Waals surface area contributed by atoms with Crippen molar-refractivity contribution in [3.63, 3.8) is 0 Å². The number of rotatable bonds is 6. The van der Waals surface area contributed by atoms with Crippen LogP contribution in [0.15, 0.2) is 23.2 Å². The normalized spacial score (nSPS) is 12.0. The Morgan fingerprint density at radius 2 is 1.40 bits per heavy atom. The molecule has 0 aliphatic rings. The van der Waals surface area contributed by atoms with Gasteiger partial charge in [-0.3, -0.25) is 25.0 Å². The molecule has 0 fully saturated rings. The minimum atomic E-state index is -5.40. The fraction of sp³-hybridized carbons (Fsp3) is 0. The Hall–Kier alpha value is -3.69. The second-order valence-electron chi connectivity index (χ2n) is 5.25. The molecular formula is C14H5F6N3O6S. The van der Waals surface area contributed by atoms with Gasteiger partial charge in [0.15, 0.2) is 23.3 Å². The number of nitro benzene ring substituents is 1. The highest BCUT2D eigenvalue weighted by Crippen LogP contribution is 2.28. The molecule has 0 radical (unpaired) electrons. The molecule has 9 nitrogen and oxygen atoms in total. The van der Waals surface area contributed by atoms with Crippen LogP contribution in [0.25, 0.3) is 6.08 Å². The van der Waals surface area contributed by atoms with Crippen molar-refractivity contribution < 1.29 is 44.6 Å². The standard InChI is InChI=1S/C14H5F6N3O6S/c15-7-2-1-5(3-8(7)22(24)25)21-30(28,29)9(23(26)27)4-6-10(16)12(18)14(20)13(19)11(6)17/h1-4,21H/b9-4+. The third-order valence-electron chi connectivity index (χ3n) is 3.36. The predicted molar refractivity (Wildman–Crippen MR) is 86.8 cm³/mol. The molecule has 0 saturated heterocycles. The van der Waals surface area contributed by atoms with Gasteiger partial charge in [0.05, 0.1) is 21.1 Å². The smallest absolute Gasteiger partial charge is 0.274 e. The zero-order chi connectivity index (χ0) is 23.0. The Bertz CT molecular complexity index is 1190. The van der Waals surface area contributed by atoms with E-state index in [2.05, 4.69) is 0 Å². The van der Waals surface area contributed by atoms with Gasteiger partial charge in [0.2, 0.25) is 11.6 Å². The molecule has 160 valence electrons. The maximum atomic E-state index is 13.7. The van der Waals surface area contributed by atoms with Crippen molar-refractivity contribution >= 4 is 27.5 Å². The summed E-state index contributed by atoms with van der Waals surface area (Å²) in [4.78, 5) is 18.8. The quantitative estimate of drug-likeness (QED) is 0.232. The lowest BCUT2D eigenvalue weighted by atomic mass is 10.1. The minimum absolute atomic E-state index is 0.336. The van der Waals surface area contributed by atoms with Crippen LogP contribution in [0, 0.1) is 55.1 Å². The highest BCUT2D eigenvalue weighted by atomic mass is 32.2. The summed E-state index contributed by atoms with van der Waals surface area (Å²) in [5, 5.41) is 19.7. The lowest BCUT2D eigenvalue weighted by Crippen LogP contribution is -2.20. The summed E-state index contributed by atoms with van der Waals surface area (Å²) in [6, 6.07) is 1.40. The van der Waals surface area contributed by atoms with Crippen molar-refractivity contribution in [1.29, 1.82) is 0 Å². The first-order valence-corrected chi connectivity index (χ1v) is 8.60. The van der Waals surface area contributed by atoms with Gasteiger partial charge < -0.3 is 0 Å². The second-order valence-corrected chi connectivity index (χ2v) is 6.88. The molecule has 0 heterocycles. The third-order valence-corrected chi connectivity index (χ3v) is 4.68. The molecular weight excluding hydrogens is 452 g/mol. The van der Waals surface area contributed by atoms with Crippen LogP contribution in [0.3, 0.4) is 0 Å². The Kier molecular flexibility index (Phi) is 6.01. The highest BCUT2D eigenvalue weighted by molar-refractivity contribution is 7.96. The van der Waals surface area contributed by atoms with Crippen molar-refractivity contribution in [2.24, 2.45) is 0 Å². The van der Waals surface area contributed by atoms with E-state index in [-0.39, 0.29) is 0 Å². The minimum Gasteiger partial charge on any atom is -0.274 e. The van der Waals surface area contributed by atoms with E-state index >= 15 is 0 Å². The summed E-state index contributed by atoms with van der Waals surface area (Å²) >= 11 is 0. The number of hydrogen-bond donors (Lipinski definition) is 1. The number of hydrogen-bond acceptors (Lipinski definition) is 6. The van der Waals surface area contributed by atoms with E-state index < -0.39 is 82.8 Å². The molecule has 0 aliphatic carbocycles. The van der Waals surface area contributed by atoms with Gasteiger partial charge >= 0.3 is 20.7 Å². The number of nitro groups is 2. The molecule has 2 aromatic carbocycles. The molecule has 0 saturated carbocycles. The van der Waals surface area contributed by atoms with Crippen LogP contribution < -0.4 is 4.72 Å². The molecule has 0 amide bonds. The summed E-state index contributed by atoms with van der Waals surface area (Å²) in [6.45, 7) is 0. The molecule has 0 aromatic heterocycles. The number of halogens is 6. The van der Waals surface area contributed by atoms with E-state index in [1.165, 1.54) is 4.72 Å². The van der Waals surface area contributed by atoms with Crippen LogP contribution in [0.2, 0.25) is 0 Å². The van der Waals surface area contributed by atoms with Crippen molar-refractivity contribution in [2.45, 2.75) is 0 Å². The number of nitrogens with one attached hydrogen (secondary N) is 1. The van der Waals surface area contributed by atoms with Gasteiger partial charge in [-0.25, -0.2) is 22.0 Å². The largest absolute Gasteiger partial charge is 0.379 e. The molecule has 0 bridgehead atoms. The maximum Gasteiger partial charge on any atom is 0.379 e. The Morgan fingerprint density at radius 1 is 0.900 bits per heavy atom. The molecule has 0 spiro atoms. The first-order chi connectivity index (χ1) is 13.8. The SMILES string of the molecule is O=[N+]([O-])/C(=C\c1c(F)c(F)c(F)c(F)c1F)S(=O)(=O)Nc1ccc(F)c([N+](=O)[O-])c1. The maximum absolute atomic E-state index is 13.7. The summed E-state index contributed by atoms with van der Waals surface area (Å²) in [5.41, 5.74) is -3.91. The van der Waals surface area contributed by atoms with Gasteiger partial charge in [0.1, 0.15) is 0 Å². The predicted octanol–water partition coefficient (Wildman–Crippen LogP) is 3.45. The van der Waals surface area contributed by atoms with Gasteiger partial charge in [-0.05, 0) is 12.1 Å². The number of nitrogens with zero attached hydrogens (tertiary/aromatic N) is 2. The van der Waals surface area contributed by atoms with Gasteiger partial charge in [-0.1, -0.05) is 0 Å². The van der Waals surface area contributed by atoms with E-state index in [0.717, 1.165) is 0 Å². The number of benzene rings is 2. The zero-order valence-corrected chi connectivity index (χ0v) is 14.6. The fourth-order valence-corrected chi connectivity index (χ4v) is 3.04. The fourth-order valence-electron chi connectivity index (χ4n) is 2.02. The Labute approximate surface area is 161 Å². The summed E-state index contributed by atoms with van der Waals surface area (Å²) in [5.74, 6) is -14.0. The van der Waals surface area contributed by atoms with Crippen LogP contribution in [-0.4, -0.2) is 18.3 Å².